The highest BCUT2D eigenvalue weighted by Gasteiger charge is 2.40. The van der Waals surface area contributed by atoms with Gasteiger partial charge in [-0.25, -0.2) is 0 Å². The van der Waals surface area contributed by atoms with Crippen molar-refractivity contribution in [2.24, 2.45) is 11.7 Å². The molecule has 0 aromatic rings. The molecule has 0 saturated carbocycles. The van der Waals surface area contributed by atoms with Gasteiger partial charge in [0, 0.05) is 25.9 Å². The van der Waals surface area contributed by atoms with Crippen LogP contribution in [0.2, 0.25) is 0 Å². The summed E-state index contributed by atoms with van der Waals surface area (Å²) in [5, 5.41) is 3.43. The van der Waals surface area contributed by atoms with Gasteiger partial charge in [-0.1, -0.05) is 13.8 Å². The Kier molecular flexibility index (Phi) is 4.81. The molecule has 2 rings (SSSR count). The summed E-state index contributed by atoms with van der Waals surface area (Å²) in [7, 11) is 0. The Hall–Kier alpha value is -0.650. The van der Waals surface area contributed by atoms with Gasteiger partial charge in [-0.15, -0.1) is 0 Å². The topological polar surface area (TPSA) is 73.6 Å². The fourth-order valence-corrected chi connectivity index (χ4v) is 3.12. The molecule has 2 heterocycles. The van der Waals surface area contributed by atoms with Gasteiger partial charge in [0.15, 0.2) is 0 Å². The van der Waals surface area contributed by atoms with E-state index in [9.17, 15) is 4.79 Å². The maximum atomic E-state index is 11.5. The van der Waals surface area contributed by atoms with Crippen molar-refractivity contribution in [2.45, 2.75) is 57.2 Å². The molecule has 2 aliphatic rings. The summed E-state index contributed by atoms with van der Waals surface area (Å²) >= 11 is 0. The number of ether oxygens (including phenoxy) is 2. The summed E-state index contributed by atoms with van der Waals surface area (Å²) in [4.78, 5) is 11.5. The second kappa shape index (κ2) is 6.20. The van der Waals surface area contributed by atoms with Crippen LogP contribution in [-0.4, -0.2) is 43.4 Å². The van der Waals surface area contributed by atoms with Crippen molar-refractivity contribution in [3.05, 3.63) is 0 Å². The summed E-state index contributed by atoms with van der Waals surface area (Å²) in [6.07, 6.45) is 3.80. The average Bonchev–Trinajstić information content (AvgIpc) is 2.36. The predicted octanol–water partition coefficient (Wildman–Crippen LogP) is 0.814. The number of carbonyl (C=O) groups is 1. The number of rotatable bonds is 4. The van der Waals surface area contributed by atoms with Gasteiger partial charge in [0.25, 0.3) is 0 Å². The van der Waals surface area contributed by atoms with Crippen LogP contribution in [-0.2, 0) is 14.3 Å². The van der Waals surface area contributed by atoms with Gasteiger partial charge in [0.1, 0.15) is 0 Å². The Morgan fingerprint density at radius 3 is 2.58 bits per heavy atom. The first-order chi connectivity index (χ1) is 9.02. The number of nitrogens with one attached hydrogen (secondary N) is 1. The highest BCUT2D eigenvalue weighted by Crippen LogP contribution is 2.34. The summed E-state index contributed by atoms with van der Waals surface area (Å²) in [6, 6.07) is 0.0618. The fourth-order valence-electron chi connectivity index (χ4n) is 3.12. The first-order valence-corrected chi connectivity index (χ1v) is 7.29. The predicted molar refractivity (Wildman–Crippen MR) is 72.7 cm³/mol. The molecule has 2 saturated heterocycles. The van der Waals surface area contributed by atoms with Gasteiger partial charge in [-0.2, -0.15) is 0 Å². The Bertz CT molecular complexity index is 308. The number of amides is 1. The lowest BCUT2D eigenvalue weighted by atomic mass is 9.83. The van der Waals surface area contributed by atoms with E-state index in [0.717, 1.165) is 45.5 Å². The summed E-state index contributed by atoms with van der Waals surface area (Å²) in [5.74, 6) is -0.0477. The smallest absolute Gasteiger partial charge is 0.234 e. The molecule has 1 amide bonds. The van der Waals surface area contributed by atoms with Gasteiger partial charge < -0.3 is 20.5 Å². The van der Waals surface area contributed by atoms with Crippen molar-refractivity contribution in [1.82, 2.24) is 5.32 Å². The van der Waals surface area contributed by atoms with Gasteiger partial charge in [-0.05, 0) is 31.6 Å². The zero-order valence-electron chi connectivity index (χ0n) is 12.0. The van der Waals surface area contributed by atoms with Crippen molar-refractivity contribution in [2.75, 3.05) is 19.8 Å². The molecule has 2 aliphatic heterocycles. The molecular formula is C14H26N2O3. The molecule has 0 radical (unpaired) electrons. The van der Waals surface area contributed by atoms with Crippen molar-refractivity contribution in [3.63, 3.8) is 0 Å². The van der Waals surface area contributed by atoms with Crippen LogP contribution in [0, 0.1) is 5.92 Å². The second-order valence-corrected chi connectivity index (χ2v) is 6.12. The minimum absolute atomic E-state index is 0.0483. The van der Waals surface area contributed by atoms with E-state index >= 15 is 0 Å². The van der Waals surface area contributed by atoms with Crippen LogP contribution in [0.1, 0.15) is 39.5 Å². The van der Waals surface area contributed by atoms with E-state index in [1.54, 1.807) is 0 Å². The van der Waals surface area contributed by atoms with E-state index in [-0.39, 0.29) is 23.5 Å². The van der Waals surface area contributed by atoms with Gasteiger partial charge >= 0.3 is 0 Å². The van der Waals surface area contributed by atoms with E-state index in [1.165, 1.54) is 0 Å². The molecule has 3 N–H and O–H groups in total. The van der Waals surface area contributed by atoms with Crippen molar-refractivity contribution >= 4 is 5.91 Å². The highest BCUT2D eigenvalue weighted by atomic mass is 16.5. The Morgan fingerprint density at radius 1 is 1.32 bits per heavy atom. The number of hydrogen-bond acceptors (Lipinski definition) is 4. The number of hydrogen-bond donors (Lipinski definition) is 2. The first kappa shape index (κ1) is 14.8. The van der Waals surface area contributed by atoms with E-state index in [1.807, 2.05) is 13.8 Å². The van der Waals surface area contributed by atoms with Crippen LogP contribution >= 0.6 is 0 Å². The summed E-state index contributed by atoms with van der Waals surface area (Å²) in [5.41, 5.74) is 5.42. The van der Waals surface area contributed by atoms with E-state index < -0.39 is 0 Å². The number of primary amides is 1. The van der Waals surface area contributed by atoms with Gasteiger partial charge in [0.05, 0.1) is 11.6 Å². The highest BCUT2D eigenvalue weighted by molar-refractivity contribution is 5.80. The lowest BCUT2D eigenvalue weighted by Crippen LogP contribution is -2.55. The summed E-state index contributed by atoms with van der Waals surface area (Å²) < 4.78 is 11.4. The molecule has 110 valence electrons. The molecule has 2 atom stereocenters. The molecule has 0 bridgehead atoms. The SMILES string of the molecule is CC(C)C(NC1CCOC2(CCOCC2)C1)C(N)=O. The van der Waals surface area contributed by atoms with Crippen LogP contribution in [0.15, 0.2) is 0 Å². The van der Waals surface area contributed by atoms with E-state index in [2.05, 4.69) is 5.32 Å². The quantitative estimate of drug-likeness (QED) is 0.793. The molecule has 19 heavy (non-hydrogen) atoms. The van der Waals surface area contributed by atoms with Crippen molar-refractivity contribution in [1.29, 1.82) is 0 Å². The Morgan fingerprint density at radius 2 is 2.00 bits per heavy atom. The van der Waals surface area contributed by atoms with Crippen LogP contribution in [0.4, 0.5) is 0 Å². The monoisotopic (exact) mass is 270 g/mol. The van der Waals surface area contributed by atoms with Crippen LogP contribution < -0.4 is 11.1 Å². The van der Waals surface area contributed by atoms with Gasteiger partial charge in [0.2, 0.25) is 5.91 Å². The molecule has 1 spiro atoms. The molecule has 2 unspecified atom stereocenters. The minimum atomic E-state index is -0.262. The molecule has 5 heteroatoms. The first-order valence-electron chi connectivity index (χ1n) is 7.29. The molecular weight excluding hydrogens is 244 g/mol. The van der Waals surface area contributed by atoms with E-state index in [0.29, 0.717) is 6.04 Å². The van der Waals surface area contributed by atoms with Crippen LogP contribution in [0.5, 0.6) is 0 Å². The second-order valence-electron chi connectivity index (χ2n) is 6.12. The fraction of sp³-hybridized carbons (Fsp3) is 0.929. The standard InChI is InChI=1S/C14H26N2O3/c1-10(2)12(13(15)17)16-11-3-6-19-14(9-11)4-7-18-8-5-14/h10-12,16H,3-9H2,1-2H3,(H2,15,17). The van der Waals surface area contributed by atoms with Gasteiger partial charge in [-0.3, -0.25) is 4.79 Å². The lowest BCUT2D eigenvalue weighted by Gasteiger charge is -2.44. The Balaban J connectivity index is 1.95. The molecule has 0 aliphatic carbocycles. The normalized spacial score (nSPS) is 28.5. The largest absolute Gasteiger partial charge is 0.381 e. The minimum Gasteiger partial charge on any atom is -0.381 e. The van der Waals surface area contributed by atoms with Crippen LogP contribution in [0.25, 0.3) is 0 Å². The van der Waals surface area contributed by atoms with E-state index in [4.69, 9.17) is 15.2 Å². The van der Waals surface area contributed by atoms with Crippen molar-refractivity contribution < 1.29 is 14.3 Å². The lowest BCUT2D eigenvalue weighted by molar-refractivity contribution is -0.142. The zero-order chi connectivity index (χ0) is 13.9. The number of carbonyl (C=O) groups excluding carboxylic acids is 1. The third-order valence-electron chi connectivity index (χ3n) is 4.29. The molecule has 2 fully saturated rings. The molecule has 5 nitrogen and oxygen atoms in total. The molecule has 0 aromatic heterocycles. The Labute approximate surface area is 115 Å². The van der Waals surface area contributed by atoms with Crippen molar-refractivity contribution in [3.8, 4) is 0 Å². The number of nitrogens with two attached hydrogens (primary N) is 1. The molecule has 0 aromatic carbocycles. The third-order valence-corrected chi connectivity index (χ3v) is 4.29. The third kappa shape index (κ3) is 3.68. The van der Waals surface area contributed by atoms with Crippen LogP contribution in [0.3, 0.4) is 0 Å². The maximum absolute atomic E-state index is 11.5. The maximum Gasteiger partial charge on any atom is 0.234 e. The summed E-state index contributed by atoms with van der Waals surface area (Å²) in [6.45, 7) is 6.34. The average molecular weight is 270 g/mol. The zero-order valence-corrected chi connectivity index (χ0v) is 12.0.